The lowest BCUT2D eigenvalue weighted by atomic mass is 9.97. The van der Waals surface area contributed by atoms with Crippen molar-refractivity contribution < 1.29 is 33.4 Å². The highest BCUT2D eigenvalue weighted by molar-refractivity contribution is 6.35. The van der Waals surface area contributed by atoms with E-state index in [0.717, 1.165) is 0 Å². The Hall–Kier alpha value is -4.87. The van der Waals surface area contributed by atoms with Crippen LogP contribution in [-0.2, 0) is 11.3 Å². The number of hydrogen-bond donors (Lipinski definition) is 2. The highest BCUT2D eigenvalue weighted by Gasteiger charge is 2.23. The molecule has 0 saturated heterocycles. The fourth-order valence-electron chi connectivity index (χ4n) is 4.67. The normalized spacial score (nSPS) is 11.1. The van der Waals surface area contributed by atoms with Gasteiger partial charge in [-0.15, -0.1) is 0 Å². The molecule has 2 aromatic heterocycles. The summed E-state index contributed by atoms with van der Waals surface area (Å²) in [5, 5.41) is 12.5. The number of ether oxygens (including phenoxy) is 2. The minimum Gasteiger partial charge on any atom is -0.496 e. The molecule has 0 fully saturated rings. The number of carbonyl (C=O) groups is 3. The number of anilines is 1. The average molecular weight is 649 g/mol. The first kappa shape index (κ1) is 34.0. The van der Waals surface area contributed by atoms with E-state index in [4.69, 9.17) is 21.1 Å². The van der Waals surface area contributed by atoms with Crippen molar-refractivity contribution in [3.05, 3.63) is 94.1 Å². The number of aliphatic hydroxyl groups is 1. The van der Waals surface area contributed by atoms with Crippen molar-refractivity contribution in [2.45, 2.75) is 39.8 Å². The Bertz CT molecular complexity index is 1760. The Morgan fingerprint density at radius 1 is 1.11 bits per heavy atom. The van der Waals surface area contributed by atoms with E-state index in [-0.39, 0.29) is 47.4 Å². The molecule has 0 aliphatic rings. The third-order valence-corrected chi connectivity index (χ3v) is 7.30. The fraction of sp³-hybridized carbons (Fsp3) is 0.265. The maximum Gasteiger partial charge on any atom is 0.410 e. The smallest absolute Gasteiger partial charge is 0.410 e. The van der Waals surface area contributed by atoms with Crippen LogP contribution < -0.4 is 10.1 Å². The number of halogens is 2. The van der Waals surface area contributed by atoms with Gasteiger partial charge in [-0.3, -0.25) is 19.6 Å². The summed E-state index contributed by atoms with van der Waals surface area (Å²) in [6.07, 6.45) is 2.85. The number of aldehydes is 1. The first-order valence-electron chi connectivity index (χ1n) is 14.3. The summed E-state index contributed by atoms with van der Waals surface area (Å²) in [7, 11) is 1.34. The molecule has 0 aliphatic heterocycles. The molecule has 0 spiro atoms. The molecule has 2 N–H and O–H groups in total. The molecule has 0 radical (unpaired) electrons. The van der Waals surface area contributed by atoms with Gasteiger partial charge in [-0.25, -0.2) is 9.18 Å². The number of nitrogens with one attached hydrogen (secondary N) is 1. The first-order valence-corrected chi connectivity index (χ1v) is 14.7. The molecule has 4 rings (SSSR count). The van der Waals surface area contributed by atoms with E-state index in [2.05, 4.69) is 15.3 Å². The van der Waals surface area contributed by atoms with Crippen molar-refractivity contribution in [2.24, 2.45) is 0 Å². The van der Waals surface area contributed by atoms with Crippen molar-refractivity contribution in [3.63, 3.8) is 0 Å². The molecule has 2 heterocycles. The highest BCUT2D eigenvalue weighted by atomic mass is 35.5. The number of hydrogen-bond acceptors (Lipinski definition) is 8. The Balaban J connectivity index is 1.56. The van der Waals surface area contributed by atoms with Crippen molar-refractivity contribution in [1.82, 2.24) is 14.9 Å². The molecule has 0 saturated carbocycles. The summed E-state index contributed by atoms with van der Waals surface area (Å²) in [5.41, 5.74) is 3.05. The van der Waals surface area contributed by atoms with Crippen LogP contribution in [0.3, 0.4) is 0 Å². The van der Waals surface area contributed by atoms with Crippen molar-refractivity contribution in [2.75, 3.05) is 25.6 Å². The lowest BCUT2D eigenvalue weighted by Gasteiger charge is -2.27. The SMILES string of the molecule is COc1cc(-c2nccc(-c3cccc(NC(=O)c4ccc(CN(CCO)C(=O)OC(C)(C)C)cn4)c3C)c2Cl)cc(F)c1C=O. The van der Waals surface area contributed by atoms with Gasteiger partial charge in [-0.05, 0) is 74.7 Å². The van der Waals surface area contributed by atoms with E-state index in [0.29, 0.717) is 39.8 Å². The van der Waals surface area contributed by atoms with E-state index in [1.807, 2.05) is 13.0 Å². The van der Waals surface area contributed by atoms with Gasteiger partial charge in [0.25, 0.3) is 5.91 Å². The maximum atomic E-state index is 14.7. The van der Waals surface area contributed by atoms with E-state index in [1.165, 1.54) is 36.5 Å². The molecule has 0 unspecified atom stereocenters. The summed E-state index contributed by atoms with van der Waals surface area (Å²) in [4.78, 5) is 47.0. The van der Waals surface area contributed by atoms with Crippen LogP contribution in [0.25, 0.3) is 22.4 Å². The van der Waals surface area contributed by atoms with Gasteiger partial charge in [0.05, 0.1) is 36.5 Å². The van der Waals surface area contributed by atoms with Gasteiger partial charge in [0.15, 0.2) is 6.29 Å². The number of rotatable bonds is 10. The standard InChI is InChI=1S/C34H34ClFN4O6/c1-20-23(24-11-12-37-31(30(24)35)22-15-26(36)25(19-42)29(16-22)45-5)7-6-8-27(20)39-32(43)28-10-9-21(17-38-28)18-40(13-14-41)33(44)46-34(2,3)4/h6-12,15-17,19,41H,13-14,18H2,1-5H3,(H,39,43). The van der Waals surface area contributed by atoms with Crippen molar-refractivity contribution >= 4 is 35.6 Å². The largest absolute Gasteiger partial charge is 0.496 e. The molecular formula is C34H34ClFN4O6. The molecule has 10 nitrogen and oxygen atoms in total. The van der Waals surface area contributed by atoms with Crippen molar-refractivity contribution in [3.8, 4) is 28.1 Å². The predicted molar refractivity (Wildman–Crippen MR) is 173 cm³/mol. The summed E-state index contributed by atoms with van der Waals surface area (Å²) >= 11 is 6.81. The fourth-order valence-corrected chi connectivity index (χ4v) is 4.99. The molecule has 0 aliphatic carbocycles. The van der Waals surface area contributed by atoms with Gasteiger partial charge in [0.2, 0.25) is 0 Å². The van der Waals surface area contributed by atoms with Crippen LogP contribution in [0.15, 0.2) is 60.9 Å². The second-order valence-corrected chi connectivity index (χ2v) is 11.7. The molecule has 2 aromatic carbocycles. The highest BCUT2D eigenvalue weighted by Crippen LogP contribution is 2.39. The lowest BCUT2D eigenvalue weighted by molar-refractivity contribution is 0.0201. The Kier molecular flexibility index (Phi) is 10.7. The summed E-state index contributed by atoms with van der Waals surface area (Å²) in [6, 6.07) is 12.9. The zero-order valence-corrected chi connectivity index (χ0v) is 26.8. The molecule has 46 heavy (non-hydrogen) atoms. The monoisotopic (exact) mass is 648 g/mol. The van der Waals surface area contributed by atoms with Gasteiger partial charge in [0.1, 0.15) is 22.9 Å². The number of aliphatic hydroxyl groups excluding tert-OH is 1. The number of aromatic nitrogens is 2. The minimum atomic E-state index is -0.763. The zero-order valence-electron chi connectivity index (χ0n) is 26.1. The first-order chi connectivity index (χ1) is 21.9. The molecule has 0 bridgehead atoms. The summed E-state index contributed by atoms with van der Waals surface area (Å²) in [5.74, 6) is -1.16. The summed E-state index contributed by atoms with van der Waals surface area (Å²) in [6.45, 7) is 7.08. The van der Waals surface area contributed by atoms with E-state index in [9.17, 15) is 23.9 Å². The number of pyridine rings is 2. The Morgan fingerprint density at radius 3 is 2.50 bits per heavy atom. The lowest BCUT2D eigenvalue weighted by Crippen LogP contribution is -2.38. The maximum absolute atomic E-state index is 14.7. The zero-order chi connectivity index (χ0) is 33.6. The molecule has 240 valence electrons. The van der Waals surface area contributed by atoms with Crippen LogP contribution in [0.4, 0.5) is 14.9 Å². The van der Waals surface area contributed by atoms with Crippen LogP contribution in [0.1, 0.15) is 52.7 Å². The van der Waals surface area contributed by atoms with Crippen LogP contribution >= 0.6 is 11.6 Å². The van der Waals surface area contributed by atoms with E-state index >= 15 is 0 Å². The van der Waals surface area contributed by atoms with Gasteiger partial charge in [-0.2, -0.15) is 0 Å². The number of amides is 2. The third kappa shape index (κ3) is 7.85. The Morgan fingerprint density at radius 2 is 1.87 bits per heavy atom. The third-order valence-electron chi connectivity index (χ3n) is 6.92. The molecule has 2 amide bonds. The minimum absolute atomic E-state index is 0.0568. The average Bonchev–Trinajstić information content (AvgIpc) is 3.01. The number of benzene rings is 2. The second-order valence-electron chi connectivity index (χ2n) is 11.3. The van der Waals surface area contributed by atoms with Crippen LogP contribution in [0.2, 0.25) is 5.02 Å². The second kappa shape index (κ2) is 14.5. The van der Waals surface area contributed by atoms with Crippen molar-refractivity contribution in [1.29, 1.82) is 0 Å². The predicted octanol–water partition coefficient (Wildman–Crippen LogP) is 6.71. The molecular weight excluding hydrogens is 615 g/mol. The quantitative estimate of drug-likeness (QED) is 0.181. The number of nitrogens with zero attached hydrogens (tertiary/aromatic N) is 3. The van der Waals surface area contributed by atoms with Crippen LogP contribution in [0.5, 0.6) is 5.75 Å². The molecule has 12 heteroatoms. The number of carbonyl (C=O) groups excluding carboxylic acids is 3. The van der Waals surface area contributed by atoms with Gasteiger partial charge in [-0.1, -0.05) is 29.8 Å². The van der Waals surface area contributed by atoms with Gasteiger partial charge < -0.3 is 24.8 Å². The van der Waals surface area contributed by atoms with Gasteiger partial charge in [0, 0.05) is 35.8 Å². The molecule has 0 atom stereocenters. The van der Waals surface area contributed by atoms with E-state index < -0.39 is 23.4 Å². The number of methoxy groups -OCH3 is 1. The Labute approximate surface area is 271 Å². The van der Waals surface area contributed by atoms with Crippen LogP contribution in [0, 0.1) is 12.7 Å². The van der Waals surface area contributed by atoms with E-state index in [1.54, 1.807) is 51.1 Å². The summed E-state index contributed by atoms with van der Waals surface area (Å²) < 4.78 is 25.3. The van der Waals surface area contributed by atoms with Gasteiger partial charge >= 0.3 is 6.09 Å². The molecule has 4 aromatic rings. The topological polar surface area (TPSA) is 131 Å². The van der Waals surface area contributed by atoms with Crippen LogP contribution in [-0.4, -0.2) is 64.1 Å².